The highest BCUT2D eigenvalue weighted by molar-refractivity contribution is 6.43. The third-order valence-corrected chi connectivity index (χ3v) is 3.04. The molecule has 3 aromatic rings. The maximum absolute atomic E-state index is 12.0. The number of rotatable bonds is 2. The number of hydrogen-bond acceptors (Lipinski definition) is 4. The Balaban J connectivity index is 1.77. The Morgan fingerprint density at radius 2 is 1.45 bits per heavy atom. The first-order valence-electron chi connectivity index (χ1n) is 6.61. The first kappa shape index (κ1) is 13.7. The van der Waals surface area contributed by atoms with Crippen LogP contribution in [0.25, 0.3) is 10.8 Å². The number of fused-ring (bicyclic) bond motifs is 1. The molecule has 2 aromatic carbocycles. The number of aromatic nitrogens is 2. The molecule has 0 unspecified atom stereocenters. The molecular weight excluding hydrogens is 280 g/mol. The van der Waals surface area contributed by atoms with Gasteiger partial charge < -0.3 is 5.32 Å². The quantitative estimate of drug-likeness (QED) is 0.709. The summed E-state index contributed by atoms with van der Waals surface area (Å²) < 4.78 is 0. The van der Waals surface area contributed by atoms with E-state index in [1.165, 1.54) is 12.4 Å². The van der Waals surface area contributed by atoms with Crippen LogP contribution < -0.4 is 10.6 Å². The second-order valence-corrected chi connectivity index (χ2v) is 4.51. The van der Waals surface area contributed by atoms with Gasteiger partial charge in [0.25, 0.3) is 0 Å². The summed E-state index contributed by atoms with van der Waals surface area (Å²) in [5, 5.41) is 6.78. The zero-order valence-electron chi connectivity index (χ0n) is 11.5. The first-order chi connectivity index (χ1) is 10.7. The first-order valence-corrected chi connectivity index (χ1v) is 6.61. The van der Waals surface area contributed by atoms with E-state index >= 15 is 0 Å². The highest BCUT2D eigenvalue weighted by atomic mass is 16.2. The number of carbonyl (C=O) groups is 2. The molecule has 6 nitrogen and oxygen atoms in total. The van der Waals surface area contributed by atoms with Gasteiger partial charge in [-0.2, -0.15) is 0 Å². The normalized spacial score (nSPS) is 10.2. The van der Waals surface area contributed by atoms with Crippen LogP contribution in [0.1, 0.15) is 0 Å². The molecule has 108 valence electrons. The van der Waals surface area contributed by atoms with Crippen molar-refractivity contribution in [1.82, 2.24) is 9.97 Å². The standard InChI is InChI=1S/C16H12N4O2/c21-14(15(22)20-16-17-9-4-10-18-16)19-13-8-3-6-11-5-1-2-7-12(11)13/h1-10H,(H,19,21)(H,17,18,20,22). The van der Waals surface area contributed by atoms with Crippen LogP contribution in [0.3, 0.4) is 0 Å². The topological polar surface area (TPSA) is 84.0 Å². The molecular formula is C16H12N4O2. The molecule has 2 N–H and O–H groups in total. The zero-order chi connectivity index (χ0) is 15.4. The maximum Gasteiger partial charge on any atom is 0.316 e. The van der Waals surface area contributed by atoms with Crippen molar-refractivity contribution in [3.8, 4) is 0 Å². The van der Waals surface area contributed by atoms with Crippen molar-refractivity contribution in [2.24, 2.45) is 0 Å². The molecule has 3 rings (SSSR count). The van der Waals surface area contributed by atoms with Gasteiger partial charge >= 0.3 is 11.8 Å². The van der Waals surface area contributed by atoms with Crippen molar-refractivity contribution in [3.05, 3.63) is 60.9 Å². The van der Waals surface area contributed by atoms with E-state index in [2.05, 4.69) is 20.6 Å². The van der Waals surface area contributed by atoms with Crippen LogP contribution in [-0.4, -0.2) is 21.8 Å². The molecule has 2 amide bonds. The van der Waals surface area contributed by atoms with Crippen LogP contribution in [0.4, 0.5) is 11.6 Å². The van der Waals surface area contributed by atoms with Gasteiger partial charge in [-0.25, -0.2) is 9.97 Å². The van der Waals surface area contributed by atoms with Crippen LogP contribution >= 0.6 is 0 Å². The SMILES string of the molecule is O=C(Nc1ncccn1)C(=O)Nc1cccc2ccccc12. The number of nitrogens with one attached hydrogen (secondary N) is 2. The highest BCUT2D eigenvalue weighted by Crippen LogP contribution is 2.22. The zero-order valence-corrected chi connectivity index (χ0v) is 11.5. The third kappa shape index (κ3) is 2.90. The van der Waals surface area contributed by atoms with Gasteiger partial charge in [-0.1, -0.05) is 36.4 Å². The largest absolute Gasteiger partial charge is 0.317 e. The number of anilines is 2. The molecule has 1 heterocycles. The molecule has 0 aliphatic carbocycles. The lowest BCUT2D eigenvalue weighted by molar-refractivity contribution is -0.133. The lowest BCUT2D eigenvalue weighted by atomic mass is 10.1. The highest BCUT2D eigenvalue weighted by Gasteiger charge is 2.15. The fourth-order valence-corrected chi connectivity index (χ4v) is 2.04. The molecule has 22 heavy (non-hydrogen) atoms. The summed E-state index contributed by atoms with van der Waals surface area (Å²) in [6.45, 7) is 0. The van der Waals surface area contributed by atoms with Crippen molar-refractivity contribution in [2.75, 3.05) is 10.6 Å². The Labute approximate surface area is 126 Å². The van der Waals surface area contributed by atoms with Crippen molar-refractivity contribution >= 4 is 34.2 Å². The average molecular weight is 292 g/mol. The van der Waals surface area contributed by atoms with Gasteiger partial charge in [0.2, 0.25) is 5.95 Å². The van der Waals surface area contributed by atoms with E-state index in [4.69, 9.17) is 0 Å². The number of benzene rings is 2. The lowest BCUT2D eigenvalue weighted by Crippen LogP contribution is -2.29. The van der Waals surface area contributed by atoms with Crippen molar-refractivity contribution in [1.29, 1.82) is 0 Å². The van der Waals surface area contributed by atoms with E-state index in [0.29, 0.717) is 5.69 Å². The summed E-state index contributed by atoms with van der Waals surface area (Å²) in [6.07, 6.45) is 2.95. The van der Waals surface area contributed by atoms with Gasteiger partial charge in [0, 0.05) is 23.5 Å². The second-order valence-electron chi connectivity index (χ2n) is 4.51. The van der Waals surface area contributed by atoms with Gasteiger partial charge in [0.05, 0.1) is 0 Å². The van der Waals surface area contributed by atoms with E-state index in [1.807, 2.05) is 36.4 Å². The summed E-state index contributed by atoms with van der Waals surface area (Å²) in [5.74, 6) is -1.51. The summed E-state index contributed by atoms with van der Waals surface area (Å²) in [7, 11) is 0. The van der Waals surface area contributed by atoms with Gasteiger partial charge in [-0.15, -0.1) is 0 Å². The Hall–Kier alpha value is -3.28. The van der Waals surface area contributed by atoms with Gasteiger partial charge in [-0.3, -0.25) is 14.9 Å². The van der Waals surface area contributed by atoms with Crippen LogP contribution in [0, 0.1) is 0 Å². The van der Waals surface area contributed by atoms with Crippen molar-refractivity contribution in [2.45, 2.75) is 0 Å². The predicted octanol–water partition coefficient (Wildman–Crippen LogP) is 2.21. The molecule has 0 aliphatic rings. The molecule has 0 radical (unpaired) electrons. The number of nitrogens with zero attached hydrogens (tertiary/aromatic N) is 2. The molecule has 0 fully saturated rings. The van der Waals surface area contributed by atoms with E-state index < -0.39 is 11.8 Å². The fourth-order valence-electron chi connectivity index (χ4n) is 2.04. The van der Waals surface area contributed by atoms with Crippen LogP contribution in [0.2, 0.25) is 0 Å². The van der Waals surface area contributed by atoms with Gasteiger partial charge in [-0.05, 0) is 17.5 Å². The lowest BCUT2D eigenvalue weighted by Gasteiger charge is -2.08. The second kappa shape index (κ2) is 6.01. The van der Waals surface area contributed by atoms with Gasteiger partial charge in [0.15, 0.2) is 0 Å². The van der Waals surface area contributed by atoms with Crippen LogP contribution in [0.15, 0.2) is 60.9 Å². The molecule has 0 aliphatic heterocycles. The van der Waals surface area contributed by atoms with E-state index in [1.54, 1.807) is 12.1 Å². The predicted molar refractivity (Wildman–Crippen MR) is 83.2 cm³/mol. The van der Waals surface area contributed by atoms with Gasteiger partial charge in [0.1, 0.15) is 0 Å². The summed E-state index contributed by atoms with van der Waals surface area (Å²) >= 11 is 0. The maximum atomic E-state index is 12.0. The summed E-state index contributed by atoms with van der Waals surface area (Å²) in [4.78, 5) is 31.5. The molecule has 0 atom stereocenters. The third-order valence-electron chi connectivity index (χ3n) is 3.04. The Kier molecular flexibility index (Phi) is 3.74. The molecule has 0 spiro atoms. The molecule has 1 aromatic heterocycles. The fraction of sp³-hybridized carbons (Fsp3) is 0. The molecule has 0 saturated heterocycles. The van der Waals surface area contributed by atoms with Crippen LogP contribution in [0.5, 0.6) is 0 Å². The molecule has 6 heteroatoms. The summed E-state index contributed by atoms with van der Waals surface area (Å²) in [5.41, 5.74) is 0.576. The minimum atomic E-state index is -0.820. The molecule has 0 saturated carbocycles. The van der Waals surface area contributed by atoms with E-state index in [9.17, 15) is 9.59 Å². The number of hydrogen-bond donors (Lipinski definition) is 2. The number of carbonyl (C=O) groups excluding carboxylic acids is 2. The Morgan fingerprint density at radius 3 is 2.27 bits per heavy atom. The van der Waals surface area contributed by atoms with Crippen LogP contribution in [-0.2, 0) is 9.59 Å². The average Bonchev–Trinajstić information content (AvgIpc) is 2.56. The van der Waals surface area contributed by atoms with Crippen molar-refractivity contribution < 1.29 is 9.59 Å². The van der Waals surface area contributed by atoms with E-state index in [0.717, 1.165) is 10.8 Å². The minimum absolute atomic E-state index is 0.0839. The van der Waals surface area contributed by atoms with Crippen molar-refractivity contribution in [3.63, 3.8) is 0 Å². The minimum Gasteiger partial charge on any atom is -0.317 e. The number of amides is 2. The van der Waals surface area contributed by atoms with E-state index in [-0.39, 0.29) is 5.95 Å². The summed E-state index contributed by atoms with van der Waals surface area (Å²) in [6, 6.07) is 14.7. The Bertz CT molecular complexity index is 828. The smallest absolute Gasteiger partial charge is 0.316 e. The monoisotopic (exact) mass is 292 g/mol. The molecule has 0 bridgehead atoms. The Morgan fingerprint density at radius 1 is 0.773 bits per heavy atom.